The van der Waals surface area contributed by atoms with Gasteiger partial charge in [-0.15, -0.1) is 0 Å². The van der Waals surface area contributed by atoms with Crippen LogP contribution in [0.5, 0.6) is 0 Å². The van der Waals surface area contributed by atoms with Crippen molar-refractivity contribution in [2.75, 3.05) is 7.04 Å². The summed E-state index contributed by atoms with van der Waals surface area (Å²) < 4.78 is 31.1. The predicted molar refractivity (Wildman–Crippen MR) is 64.4 cm³/mol. The van der Waals surface area contributed by atoms with Crippen LogP contribution in [0.3, 0.4) is 0 Å². The van der Waals surface area contributed by atoms with Crippen molar-refractivity contribution in [3.8, 4) is 0 Å². The molecule has 0 amide bonds. The molecule has 0 spiro atoms. The molecular weight excluding hydrogens is 216 g/mol. The SMILES string of the molecule is [2H]C([2H])([2H])OC1=CC(=O)O[C@@H](CCc2ccccc2)C1. The van der Waals surface area contributed by atoms with Crippen molar-refractivity contribution in [2.45, 2.75) is 25.4 Å². The molecule has 0 fully saturated rings. The molecule has 0 unspecified atom stereocenters. The predicted octanol–water partition coefficient (Wildman–Crippen LogP) is 2.47. The van der Waals surface area contributed by atoms with E-state index in [1.807, 2.05) is 30.3 Å². The van der Waals surface area contributed by atoms with Crippen LogP contribution in [0, 0.1) is 0 Å². The van der Waals surface area contributed by atoms with Gasteiger partial charge in [0, 0.05) is 6.42 Å². The number of benzene rings is 1. The summed E-state index contributed by atoms with van der Waals surface area (Å²) in [6.07, 6.45) is 2.46. The fourth-order valence-electron chi connectivity index (χ4n) is 1.86. The van der Waals surface area contributed by atoms with E-state index >= 15 is 0 Å². The summed E-state index contributed by atoms with van der Waals surface area (Å²) >= 11 is 0. The Morgan fingerprint density at radius 1 is 1.47 bits per heavy atom. The molecule has 0 aliphatic carbocycles. The van der Waals surface area contributed by atoms with Gasteiger partial charge < -0.3 is 9.47 Å². The first-order chi connectivity index (χ1) is 9.42. The average Bonchev–Trinajstić information content (AvgIpc) is 2.35. The van der Waals surface area contributed by atoms with Crippen molar-refractivity contribution in [2.24, 2.45) is 0 Å². The van der Waals surface area contributed by atoms with Crippen molar-refractivity contribution in [3.63, 3.8) is 0 Å². The lowest BCUT2D eigenvalue weighted by atomic mass is 10.0. The zero-order valence-corrected chi connectivity index (χ0v) is 9.39. The van der Waals surface area contributed by atoms with E-state index in [0.717, 1.165) is 18.1 Å². The summed E-state index contributed by atoms with van der Waals surface area (Å²) in [6, 6.07) is 9.84. The molecule has 1 atom stereocenters. The molecule has 1 aliphatic heterocycles. The topological polar surface area (TPSA) is 35.5 Å². The molecule has 2 rings (SSSR count). The van der Waals surface area contributed by atoms with Gasteiger partial charge in [-0.05, 0) is 18.4 Å². The molecule has 0 radical (unpaired) electrons. The lowest BCUT2D eigenvalue weighted by Gasteiger charge is -2.22. The van der Waals surface area contributed by atoms with Crippen molar-refractivity contribution in [3.05, 3.63) is 47.7 Å². The molecule has 3 nitrogen and oxygen atoms in total. The molecule has 17 heavy (non-hydrogen) atoms. The second kappa shape index (κ2) is 5.53. The van der Waals surface area contributed by atoms with Gasteiger partial charge in [-0.3, -0.25) is 0 Å². The molecule has 1 heterocycles. The first kappa shape index (κ1) is 8.34. The Bertz CT molecular complexity index is 494. The molecule has 1 aromatic carbocycles. The number of hydrogen-bond acceptors (Lipinski definition) is 3. The third-order valence-electron chi connectivity index (χ3n) is 2.72. The van der Waals surface area contributed by atoms with Crippen molar-refractivity contribution >= 4 is 5.97 Å². The van der Waals surface area contributed by atoms with Crippen LogP contribution in [0.15, 0.2) is 42.2 Å². The van der Waals surface area contributed by atoms with Gasteiger partial charge in [0.15, 0.2) is 0 Å². The lowest BCUT2D eigenvalue weighted by Crippen LogP contribution is -2.23. The molecular formula is C14H16O3. The maximum Gasteiger partial charge on any atom is 0.334 e. The van der Waals surface area contributed by atoms with E-state index in [2.05, 4.69) is 0 Å². The van der Waals surface area contributed by atoms with Crippen molar-refractivity contribution in [1.29, 1.82) is 0 Å². The standard InChI is InChI=1S/C14H16O3/c1-16-13-9-12(17-14(15)10-13)8-7-11-5-3-2-4-6-11/h2-6,10,12H,7-9H2,1H3/t12-/m0/s1/i1D3. The van der Waals surface area contributed by atoms with Gasteiger partial charge in [0.05, 0.1) is 17.2 Å². The minimum Gasteiger partial charge on any atom is -0.501 e. The van der Waals surface area contributed by atoms with E-state index in [4.69, 9.17) is 13.6 Å². The first-order valence-electron chi connectivity index (χ1n) is 7.06. The third kappa shape index (κ3) is 3.34. The van der Waals surface area contributed by atoms with Gasteiger partial charge in [0.1, 0.15) is 11.9 Å². The lowest BCUT2D eigenvalue weighted by molar-refractivity contribution is -0.145. The van der Waals surface area contributed by atoms with E-state index in [-0.39, 0.29) is 11.9 Å². The molecule has 0 aromatic heterocycles. The molecule has 0 saturated carbocycles. The Morgan fingerprint density at radius 2 is 2.29 bits per heavy atom. The fourth-order valence-corrected chi connectivity index (χ4v) is 1.86. The summed E-state index contributed by atoms with van der Waals surface area (Å²) in [7, 11) is -2.53. The van der Waals surface area contributed by atoms with Crippen LogP contribution in [0.4, 0.5) is 0 Å². The minimum atomic E-state index is -2.53. The highest BCUT2D eigenvalue weighted by Crippen LogP contribution is 2.20. The Hall–Kier alpha value is -1.77. The van der Waals surface area contributed by atoms with E-state index in [0.29, 0.717) is 12.8 Å². The number of rotatable bonds is 4. The van der Waals surface area contributed by atoms with E-state index in [9.17, 15) is 4.79 Å². The van der Waals surface area contributed by atoms with Gasteiger partial charge in [0.2, 0.25) is 0 Å². The van der Waals surface area contributed by atoms with Crippen LogP contribution in [0.25, 0.3) is 0 Å². The largest absolute Gasteiger partial charge is 0.501 e. The van der Waals surface area contributed by atoms with Gasteiger partial charge in [-0.1, -0.05) is 30.3 Å². The quantitative estimate of drug-likeness (QED) is 0.752. The highest BCUT2D eigenvalue weighted by molar-refractivity contribution is 5.83. The van der Waals surface area contributed by atoms with Crippen LogP contribution in [0.2, 0.25) is 0 Å². The van der Waals surface area contributed by atoms with Gasteiger partial charge in [-0.25, -0.2) is 4.79 Å². The number of carbonyl (C=O) groups excluding carboxylic acids is 1. The summed E-state index contributed by atoms with van der Waals surface area (Å²) in [6.45, 7) is 0. The van der Waals surface area contributed by atoms with Crippen LogP contribution in [0.1, 0.15) is 22.5 Å². The van der Waals surface area contributed by atoms with Crippen molar-refractivity contribution in [1.82, 2.24) is 0 Å². The Kier molecular flexibility index (Phi) is 2.71. The molecule has 0 N–H and O–H groups in total. The van der Waals surface area contributed by atoms with Gasteiger partial charge >= 0.3 is 5.97 Å². The maximum atomic E-state index is 11.4. The zero-order chi connectivity index (χ0) is 14.6. The highest BCUT2D eigenvalue weighted by atomic mass is 16.5. The van der Waals surface area contributed by atoms with Crippen LogP contribution in [-0.2, 0) is 20.7 Å². The smallest absolute Gasteiger partial charge is 0.334 e. The molecule has 1 aromatic rings. The Balaban J connectivity index is 1.91. The number of esters is 1. The Labute approximate surface area is 105 Å². The van der Waals surface area contributed by atoms with Crippen LogP contribution < -0.4 is 0 Å². The fraction of sp³-hybridized carbons (Fsp3) is 0.357. The number of hydrogen-bond donors (Lipinski definition) is 0. The van der Waals surface area contributed by atoms with Crippen molar-refractivity contribution < 1.29 is 18.4 Å². The van der Waals surface area contributed by atoms with E-state index < -0.39 is 13.0 Å². The summed E-state index contributed by atoms with van der Waals surface area (Å²) in [5.74, 6) is -0.382. The van der Waals surface area contributed by atoms with Gasteiger partial charge in [-0.2, -0.15) is 0 Å². The number of carbonyl (C=O) groups is 1. The molecule has 90 valence electrons. The second-order valence-corrected chi connectivity index (χ2v) is 4.00. The summed E-state index contributed by atoms with van der Waals surface area (Å²) in [5, 5.41) is 0. The van der Waals surface area contributed by atoms with E-state index in [1.165, 1.54) is 0 Å². The molecule has 1 aliphatic rings. The number of methoxy groups -OCH3 is 1. The minimum absolute atomic E-state index is 0.166. The monoisotopic (exact) mass is 235 g/mol. The second-order valence-electron chi connectivity index (χ2n) is 4.00. The van der Waals surface area contributed by atoms with Gasteiger partial charge in [0.25, 0.3) is 0 Å². The molecule has 3 heteroatoms. The number of ether oxygens (including phenoxy) is 2. The average molecular weight is 235 g/mol. The van der Waals surface area contributed by atoms with Crippen LogP contribution in [-0.4, -0.2) is 19.1 Å². The molecule has 0 saturated heterocycles. The summed E-state index contributed by atoms with van der Waals surface area (Å²) in [4.78, 5) is 11.4. The number of aryl methyl sites for hydroxylation is 1. The Morgan fingerprint density at radius 3 is 3.06 bits per heavy atom. The van der Waals surface area contributed by atoms with E-state index in [1.54, 1.807) is 0 Å². The maximum absolute atomic E-state index is 11.4. The highest BCUT2D eigenvalue weighted by Gasteiger charge is 2.21. The first-order valence-corrected chi connectivity index (χ1v) is 5.56. The normalized spacial score (nSPS) is 22.8. The summed E-state index contributed by atoms with van der Waals surface area (Å²) in [5.41, 5.74) is 1.15. The van der Waals surface area contributed by atoms with Crippen LogP contribution >= 0.6 is 0 Å². The zero-order valence-electron chi connectivity index (χ0n) is 12.4. The number of cyclic esters (lactones) is 1. The molecule has 0 bridgehead atoms. The third-order valence-corrected chi connectivity index (χ3v) is 2.72.